The van der Waals surface area contributed by atoms with Gasteiger partial charge in [-0.1, -0.05) is 46.5 Å². The maximum Gasteiger partial charge on any atom is 0.00458 e. The van der Waals surface area contributed by atoms with E-state index >= 15 is 0 Å². The first kappa shape index (κ1) is 15.4. The Morgan fingerprint density at radius 2 is 1.71 bits per heavy atom. The summed E-state index contributed by atoms with van der Waals surface area (Å²) < 4.78 is 0. The maximum absolute atomic E-state index is 4.62. The number of nitrogens with zero attached hydrogens (tertiary/aromatic N) is 1. The summed E-state index contributed by atoms with van der Waals surface area (Å²) in [4.78, 5) is 2.68. The largest absolute Gasteiger partial charge is 0.303 e. The van der Waals surface area contributed by atoms with E-state index in [0.717, 1.165) is 11.7 Å². The summed E-state index contributed by atoms with van der Waals surface area (Å²) in [6.45, 7) is 10.7. The van der Waals surface area contributed by atoms with Crippen molar-refractivity contribution in [1.29, 1.82) is 0 Å². The molecule has 0 spiro atoms. The Balaban J connectivity index is 2.49. The van der Waals surface area contributed by atoms with Gasteiger partial charge in [0.2, 0.25) is 0 Å². The number of thiol groups is 1. The molecule has 102 valence electrons. The van der Waals surface area contributed by atoms with E-state index in [-0.39, 0.29) is 0 Å². The molecule has 0 saturated heterocycles. The minimum absolute atomic E-state index is 0.533. The zero-order valence-electron chi connectivity index (χ0n) is 12.0. The Kier molecular flexibility index (Phi) is 6.94. The van der Waals surface area contributed by atoms with Crippen molar-refractivity contribution in [3.05, 3.63) is 0 Å². The van der Waals surface area contributed by atoms with Crippen molar-refractivity contribution < 1.29 is 0 Å². The highest BCUT2D eigenvalue weighted by molar-refractivity contribution is 7.80. The third-order valence-corrected chi connectivity index (χ3v) is 5.35. The first-order valence-corrected chi connectivity index (χ1v) is 8.16. The van der Waals surface area contributed by atoms with E-state index in [4.69, 9.17) is 0 Å². The SMILES string of the molecule is CCC(CC)CN(CC)CC1(CS)CCCC1. The molecule has 0 amide bonds. The van der Waals surface area contributed by atoms with Gasteiger partial charge in [0.05, 0.1) is 0 Å². The molecule has 0 aliphatic heterocycles. The predicted molar refractivity (Wildman–Crippen MR) is 80.9 cm³/mol. The normalized spacial score (nSPS) is 19.4. The maximum atomic E-state index is 4.62. The highest BCUT2D eigenvalue weighted by atomic mass is 32.1. The third kappa shape index (κ3) is 4.48. The topological polar surface area (TPSA) is 3.24 Å². The monoisotopic (exact) mass is 257 g/mol. The second-order valence-corrected chi connectivity index (χ2v) is 6.19. The van der Waals surface area contributed by atoms with Gasteiger partial charge in [-0.15, -0.1) is 0 Å². The van der Waals surface area contributed by atoms with Crippen LogP contribution in [0.4, 0.5) is 0 Å². The van der Waals surface area contributed by atoms with Crippen LogP contribution in [0.2, 0.25) is 0 Å². The van der Waals surface area contributed by atoms with E-state index in [0.29, 0.717) is 5.41 Å². The highest BCUT2D eigenvalue weighted by Crippen LogP contribution is 2.39. The van der Waals surface area contributed by atoms with Crippen molar-refractivity contribution in [3.8, 4) is 0 Å². The molecule has 0 radical (unpaired) electrons. The molecule has 1 rings (SSSR count). The highest BCUT2D eigenvalue weighted by Gasteiger charge is 2.34. The molecule has 0 aromatic heterocycles. The first-order valence-electron chi connectivity index (χ1n) is 7.53. The Morgan fingerprint density at radius 1 is 1.12 bits per heavy atom. The minimum atomic E-state index is 0.533. The summed E-state index contributed by atoms with van der Waals surface area (Å²) in [5, 5.41) is 0. The van der Waals surface area contributed by atoms with Crippen LogP contribution in [0.1, 0.15) is 59.3 Å². The van der Waals surface area contributed by atoms with Gasteiger partial charge in [-0.05, 0) is 36.5 Å². The molecule has 1 saturated carbocycles. The van der Waals surface area contributed by atoms with Gasteiger partial charge >= 0.3 is 0 Å². The summed E-state index contributed by atoms with van der Waals surface area (Å²) in [7, 11) is 0. The molecule has 1 fully saturated rings. The molecule has 0 unspecified atom stereocenters. The van der Waals surface area contributed by atoms with Crippen molar-refractivity contribution in [2.75, 3.05) is 25.4 Å². The molecule has 0 aromatic rings. The van der Waals surface area contributed by atoms with E-state index in [1.165, 1.54) is 58.2 Å². The summed E-state index contributed by atoms with van der Waals surface area (Å²) in [6.07, 6.45) is 8.28. The average molecular weight is 257 g/mol. The van der Waals surface area contributed by atoms with Crippen molar-refractivity contribution in [2.45, 2.75) is 59.3 Å². The molecule has 0 aromatic carbocycles. The Bertz CT molecular complexity index is 195. The quantitative estimate of drug-likeness (QED) is 0.637. The molecule has 0 heterocycles. The zero-order chi connectivity index (χ0) is 12.7. The van der Waals surface area contributed by atoms with Gasteiger partial charge < -0.3 is 4.90 Å². The van der Waals surface area contributed by atoms with Crippen LogP contribution in [0.5, 0.6) is 0 Å². The lowest BCUT2D eigenvalue weighted by Crippen LogP contribution is -2.39. The zero-order valence-corrected chi connectivity index (χ0v) is 12.9. The van der Waals surface area contributed by atoms with Gasteiger partial charge in [-0.3, -0.25) is 0 Å². The fourth-order valence-electron chi connectivity index (χ4n) is 3.18. The number of hydrogen-bond acceptors (Lipinski definition) is 2. The van der Waals surface area contributed by atoms with Crippen LogP contribution in [0.3, 0.4) is 0 Å². The van der Waals surface area contributed by atoms with Gasteiger partial charge in [0.1, 0.15) is 0 Å². The molecule has 1 aliphatic rings. The standard InChI is InChI=1S/C15H31NS/c1-4-14(5-2)11-16(6-3)12-15(13-17)9-7-8-10-15/h14,17H,4-13H2,1-3H3. The molecular formula is C15H31NS. The van der Waals surface area contributed by atoms with Gasteiger partial charge in [0, 0.05) is 13.1 Å². The first-order chi connectivity index (χ1) is 8.19. The molecular weight excluding hydrogens is 226 g/mol. The molecule has 0 bridgehead atoms. The van der Waals surface area contributed by atoms with E-state index in [2.05, 4.69) is 38.3 Å². The van der Waals surface area contributed by atoms with Gasteiger partial charge in [0.25, 0.3) is 0 Å². The van der Waals surface area contributed by atoms with Crippen molar-refractivity contribution in [1.82, 2.24) is 4.90 Å². The second-order valence-electron chi connectivity index (χ2n) is 5.88. The van der Waals surface area contributed by atoms with Gasteiger partial charge in [-0.2, -0.15) is 12.6 Å². The summed E-state index contributed by atoms with van der Waals surface area (Å²) in [5.41, 5.74) is 0.533. The minimum Gasteiger partial charge on any atom is -0.303 e. The van der Waals surface area contributed by atoms with Crippen LogP contribution < -0.4 is 0 Å². The van der Waals surface area contributed by atoms with E-state index in [1.807, 2.05) is 0 Å². The number of rotatable bonds is 8. The molecule has 0 N–H and O–H groups in total. The molecule has 17 heavy (non-hydrogen) atoms. The number of hydrogen-bond donors (Lipinski definition) is 1. The Hall–Kier alpha value is 0.310. The lowest BCUT2D eigenvalue weighted by molar-refractivity contribution is 0.153. The van der Waals surface area contributed by atoms with Crippen LogP contribution in [0.25, 0.3) is 0 Å². The average Bonchev–Trinajstić information content (AvgIpc) is 2.83. The molecule has 1 nitrogen and oxygen atoms in total. The predicted octanol–water partition coefficient (Wildman–Crippen LogP) is 4.23. The van der Waals surface area contributed by atoms with E-state index in [1.54, 1.807) is 0 Å². The summed E-state index contributed by atoms with van der Waals surface area (Å²) in [5.74, 6) is 1.96. The Labute approximate surface area is 114 Å². The lowest BCUT2D eigenvalue weighted by Gasteiger charge is -2.35. The van der Waals surface area contributed by atoms with Crippen molar-refractivity contribution in [2.24, 2.45) is 11.3 Å². The second kappa shape index (κ2) is 7.68. The van der Waals surface area contributed by atoms with Crippen LogP contribution >= 0.6 is 12.6 Å². The van der Waals surface area contributed by atoms with Gasteiger partial charge in [-0.25, -0.2) is 0 Å². The summed E-state index contributed by atoms with van der Waals surface area (Å²) >= 11 is 4.62. The molecule has 0 atom stereocenters. The van der Waals surface area contributed by atoms with Gasteiger partial charge in [0.15, 0.2) is 0 Å². The smallest absolute Gasteiger partial charge is 0.00458 e. The fraction of sp³-hybridized carbons (Fsp3) is 1.00. The van der Waals surface area contributed by atoms with Crippen LogP contribution in [0, 0.1) is 11.3 Å². The fourth-order valence-corrected chi connectivity index (χ4v) is 3.60. The third-order valence-electron chi connectivity index (χ3n) is 4.68. The van der Waals surface area contributed by atoms with Crippen molar-refractivity contribution >= 4 is 12.6 Å². The van der Waals surface area contributed by atoms with Crippen LogP contribution in [0.15, 0.2) is 0 Å². The summed E-state index contributed by atoms with van der Waals surface area (Å²) in [6, 6.07) is 0. The Morgan fingerprint density at radius 3 is 2.12 bits per heavy atom. The molecule has 2 heteroatoms. The van der Waals surface area contributed by atoms with Crippen molar-refractivity contribution in [3.63, 3.8) is 0 Å². The van der Waals surface area contributed by atoms with E-state index < -0.39 is 0 Å². The van der Waals surface area contributed by atoms with Crippen LogP contribution in [-0.4, -0.2) is 30.3 Å². The van der Waals surface area contributed by atoms with Crippen LogP contribution in [-0.2, 0) is 0 Å². The van der Waals surface area contributed by atoms with E-state index in [9.17, 15) is 0 Å². The lowest BCUT2D eigenvalue weighted by atomic mass is 9.87. The molecule has 1 aliphatic carbocycles.